The second-order valence-electron chi connectivity index (χ2n) is 7.28. The largest absolute Gasteiger partial charge is 0.356 e. The molecule has 1 saturated heterocycles. The first kappa shape index (κ1) is 17.2. The zero-order chi connectivity index (χ0) is 16.9. The molecule has 5 heteroatoms. The minimum absolute atomic E-state index is 0.0511. The maximum absolute atomic E-state index is 12.3. The molecular formula is C19H28N2O3. The van der Waals surface area contributed by atoms with E-state index in [9.17, 15) is 14.4 Å². The number of fused-ring (bicyclic) bond motifs is 1. The average molecular weight is 332 g/mol. The molecule has 1 N–H and O–H groups in total. The molecule has 0 bridgehead atoms. The highest BCUT2D eigenvalue weighted by Crippen LogP contribution is 2.37. The Bertz CT molecular complexity index is 517. The van der Waals surface area contributed by atoms with Crippen LogP contribution in [0.25, 0.3) is 0 Å². The van der Waals surface area contributed by atoms with Crippen LogP contribution in [0.3, 0.4) is 0 Å². The van der Waals surface area contributed by atoms with Crippen molar-refractivity contribution in [3.8, 4) is 0 Å². The number of hydrogen-bond donors (Lipinski definition) is 1. The quantitative estimate of drug-likeness (QED) is 0.600. The number of carbonyl (C=O) groups is 3. The lowest BCUT2D eigenvalue weighted by molar-refractivity contribution is -0.140. The van der Waals surface area contributed by atoms with Crippen molar-refractivity contribution in [2.45, 2.75) is 64.2 Å². The SMILES string of the molecule is O=C(CCN1C(=O)[C@@H]2CCCC[C@H]2C1=O)NCCC1=CCCCC1. The highest BCUT2D eigenvalue weighted by atomic mass is 16.2. The Morgan fingerprint density at radius 2 is 1.79 bits per heavy atom. The van der Waals surface area contributed by atoms with E-state index >= 15 is 0 Å². The molecule has 1 saturated carbocycles. The molecule has 0 aromatic rings. The van der Waals surface area contributed by atoms with Crippen LogP contribution < -0.4 is 5.32 Å². The lowest BCUT2D eigenvalue weighted by Gasteiger charge is -2.19. The molecule has 0 spiro atoms. The van der Waals surface area contributed by atoms with Crippen molar-refractivity contribution in [3.63, 3.8) is 0 Å². The van der Waals surface area contributed by atoms with E-state index in [0.717, 1.165) is 44.9 Å². The van der Waals surface area contributed by atoms with Gasteiger partial charge in [0.25, 0.3) is 0 Å². The van der Waals surface area contributed by atoms with E-state index < -0.39 is 0 Å². The number of amides is 3. The summed E-state index contributed by atoms with van der Waals surface area (Å²) in [5.74, 6) is -0.406. The fourth-order valence-electron chi connectivity index (χ4n) is 4.25. The van der Waals surface area contributed by atoms with Gasteiger partial charge in [-0.05, 0) is 44.9 Å². The summed E-state index contributed by atoms with van der Waals surface area (Å²) in [6.07, 6.45) is 12.0. The van der Waals surface area contributed by atoms with Gasteiger partial charge in [0.15, 0.2) is 0 Å². The molecule has 3 amide bonds. The van der Waals surface area contributed by atoms with Crippen molar-refractivity contribution in [2.75, 3.05) is 13.1 Å². The summed E-state index contributed by atoms with van der Waals surface area (Å²) < 4.78 is 0. The normalized spacial score (nSPS) is 27.0. The van der Waals surface area contributed by atoms with E-state index in [1.807, 2.05) is 0 Å². The fraction of sp³-hybridized carbons (Fsp3) is 0.737. The van der Waals surface area contributed by atoms with Crippen LogP contribution >= 0.6 is 0 Å². The summed E-state index contributed by atoms with van der Waals surface area (Å²) in [7, 11) is 0. The molecule has 0 aromatic heterocycles. The Balaban J connectivity index is 1.40. The molecule has 3 aliphatic rings. The predicted octanol–water partition coefficient (Wildman–Crippen LogP) is 2.56. The van der Waals surface area contributed by atoms with E-state index in [1.54, 1.807) is 0 Å². The fourth-order valence-corrected chi connectivity index (χ4v) is 4.25. The standard InChI is InChI=1S/C19H28N2O3/c22-17(20-12-10-14-6-2-1-3-7-14)11-13-21-18(23)15-8-4-5-9-16(15)19(21)24/h6,15-16H,1-5,7-13H2,(H,20,22)/t15-,16-/m1/s1. The molecule has 2 atom stereocenters. The number of nitrogens with zero attached hydrogens (tertiary/aromatic N) is 1. The van der Waals surface area contributed by atoms with Gasteiger partial charge in [0.1, 0.15) is 0 Å². The number of nitrogens with one attached hydrogen (secondary N) is 1. The topological polar surface area (TPSA) is 66.5 Å². The first-order chi connectivity index (χ1) is 11.7. The molecule has 0 aromatic carbocycles. The molecule has 0 unspecified atom stereocenters. The number of imide groups is 1. The van der Waals surface area contributed by atoms with Gasteiger partial charge in [-0.25, -0.2) is 0 Å². The summed E-state index contributed by atoms with van der Waals surface area (Å²) in [6.45, 7) is 0.886. The summed E-state index contributed by atoms with van der Waals surface area (Å²) in [5, 5.41) is 2.92. The highest BCUT2D eigenvalue weighted by molar-refractivity contribution is 6.05. The smallest absolute Gasteiger partial charge is 0.233 e. The van der Waals surface area contributed by atoms with Crippen LogP contribution in [0.15, 0.2) is 11.6 Å². The Kier molecular flexibility index (Phi) is 5.69. The van der Waals surface area contributed by atoms with Crippen molar-refractivity contribution < 1.29 is 14.4 Å². The van der Waals surface area contributed by atoms with Gasteiger partial charge in [-0.3, -0.25) is 19.3 Å². The Morgan fingerprint density at radius 1 is 1.08 bits per heavy atom. The van der Waals surface area contributed by atoms with Gasteiger partial charge >= 0.3 is 0 Å². The lowest BCUT2D eigenvalue weighted by Crippen LogP contribution is -2.35. The zero-order valence-electron chi connectivity index (χ0n) is 14.4. The van der Waals surface area contributed by atoms with Crippen molar-refractivity contribution in [2.24, 2.45) is 11.8 Å². The number of hydrogen-bond acceptors (Lipinski definition) is 3. The van der Waals surface area contributed by atoms with Crippen molar-refractivity contribution in [1.82, 2.24) is 10.2 Å². The summed E-state index contributed by atoms with van der Waals surface area (Å²) in [4.78, 5) is 38.0. The van der Waals surface area contributed by atoms with Gasteiger partial charge in [-0.1, -0.05) is 24.5 Å². The second kappa shape index (κ2) is 7.95. The third-order valence-corrected chi connectivity index (χ3v) is 5.65. The van der Waals surface area contributed by atoms with Crippen LogP contribution in [0.5, 0.6) is 0 Å². The molecule has 2 aliphatic carbocycles. The van der Waals surface area contributed by atoms with Gasteiger partial charge in [0, 0.05) is 19.5 Å². The van der Waals surface area contributed by atoms with Crippen LogP contribution in [0.2, 0.25) is 0 Å². The van der Waals surface area contributed by atoms with Gasteiger partial charge < -0.3 is 5.32 Å². The summed E-state index contributed by atoms with van der Waals surface area (Å²) >= 11 is 0. The van der Waals surface area contributed by atoms with E-state index in [0.29, 0.717) is 6.54 Å². The molecule has 5 nitrogen and oxygen atoms in total. The van der Waals surface area contributed by atoms with E-state index in [4.69, 9.17) is 0 Å². The Hall–Kier alpha value is -1.65. The summed E-state index contributed by atoms with van der Waals surface area (Å²) in [6, 6.07) is 0. The van der Waals surface area contributed by atoms with Crippen LogP contribution in [-0.2, 0) is 14.4 Å². The zero-order valence-corrected chi connectivity index (χ0v) is 14.4. The monoisotopic (exact) mass is 332 g/mol. The Labute approximate surface area is 143 Å². The lowest BCUT2D eigenvalue weighted by atomic mass is 9.81. The van der Waals surface area contributed by atoms with Gasteiger partial charge in [0.05, 0.1) is 11.8 Å². The molecule has 1 heterocycles. The minimum atomic E-state index is -0.118. The number of carbonyl (C=O) groups excluding carboxylic acids is 3. The molecule has 132 valence electrons. The Morgan fingerprint density at radius 3 is 2.42 bits per heavy atom. The molecule has 2 fully saturated rings. The van der Waals surface area contributed by atoms with Crippen molar-refractivity contribution >= 4 is 17.7 Å². The van der Waals surface area contributed by atoms with E-state index in [1.165, 1.54) is 23.3 Å². The van der Waals surface area contributed by atoms with E-state index in [-0.39, 0.29) is 42.5 Å². The molecule has 1 aliphatic heterocycles. The molecule has 24 heavy (non-hydrogen) atoms. The first-order valence-corrected chi connectivity index (χ1v) is 9.46. The maximum atomic E-state index is 12.3. The van der Waals surface area contributed by atoms with Crippen LogP contribution in [0.4, 0.5) is 0 Å². The van der Waals surface area contributed by atoms with E-state index in [2.05, 4.69) is 11.4 Å². The van der Waals surface area contributed by atoms with Crippen LogP contribution in [0, 0.1) is 11.8 Å². The van der Waals surface area contributed by atoms with Crippen LogP contribution in [-0.4, -0.2) is 35.7 Å². The highest BCUT2D eigenvalue weighted by Gasteiger charge is 2.47. The van der Waals surface area contributed by atoms with Crippen molar-refractivity contribution in [3.05, 3.63) is 11.6 Å². The second-order valence-corrected chi connectivity index (χ2v) is 7.28. The first-order valence-electron chi connectivity index (χ1n) is 9.46. The number of allylic oxidation sites excluding steroid dienone is 1. The molecule has 3 rings (SSSR count). The molecular weight excluding hydrogens is 304 g/mol. The number of rotatable bonds is 6. The third-order valence-electron chi connectivity index (χ3n) is 5.65. The van der Waals surface area contributed by atoms with Crippen LogP contribution in [0.1, 0.15) is 64.2 Å². The number of likely N-dealkylation sites (tertiary alicyclic amines) is 1. The average Bonchev–Trinajstić information content (AvgIpc) is 2.85. The third kappa shape index (κ3) is 3.87. The van der Waals surface area contributed by atoms with Gasteiger partial charge in [-0.15, -0.1) is 0 Å². The van der Waals surface area contributed by atoms with Gasteiger partial charge in [-0.2, -0.15) is 0 Å². The minimum Gasteiger partial charge on any atom is -0.356 e. The van der Waals surface area contributed by atoms with Crippen molar-refractivity contribution in [1.29, 1.82) is 0 Å². The van der Waals surface area contributed by atoms with Gasteiger partial charge in [0.2, 0.25) is 17.7 Å². The maximum Gasteiger partial charge on any atom is 0.233 e. The molecule has 0 radical (unpaired) electrons. The predicted molar refractivity (Wildman–Crippen MR) is 91.0 cm³/mol. The summed E-state index contributed by atoms with van der Waals surface area (Å²) in [5.41, 5.74) is 1.44.